The van der Waals surface area contributed by atoms with Gasteiger partial charge in [0, 0.05) is 0 Å². The van der Waals surface area contributed by atoms with E-state index in [4.69, 9.17) is 13.3 Å². The Kier molecular flexibility index (Phi) is 31.3. The Morgan fingerprint density at radius 1 is 1.50 bits per heavy atom. The molecule has 0 bridgehead atoms. The van der Waals surface area contributed by atoms with Crippen molar-refractivity contribution in [1.82, 2.24) is 0 Å². The first-order valence-corrected chi connectivity index (χ1v) is 2.13. The van der Waals surface area contributed by atoms with Crippen molar-refractivity contribution in [2.24, 2.45) is 0 Å². The third-order valence-electron chi connectivity index (χ3n) is 0. The van der Waals surface area contributed by atoms with E-state index in [1.807, 2.05) is 0 Å². The van der Waals surface area contributed by atoms with Gasteiger partial charge in [-0.05, 0) is 0 Å². The molecule has 0 rings (SSSR count). The predicted octanol–water partition coefficient (Wildman–Crippen LogP) is -2.32. The fourth-order valence-corrected chi connectivity index (χ4v) is 0. The summed E-state index contributed by atoms with van der Waals surface area (Å²) in [4.78, 5) is 0. The fourth-order valence-electron chi connectivity index (χ4n) is 0. The van der Waals surface area contributed by atoms with Gasteiger partial charge in [-0.3, -0.25) is 9.11 Å². The zero-order chi connectivity index (χ0) is 6.28. The Morgan fingerprint density at radius 2 is 1.50 bits per heavy atom. The molecule has 0 spiro atoms. The first-order valence-electron chi connectivity index (χ1n) is 1.07. The Hall–Kier alpha value is 0.930. The third-order valence-corrected chi connectivity index (χ3v) is 0. The van der Waals surface area contributed by atoms with Gasteiger partial charge < -0.3 is 1.43 Å². The van der Waals surface area contributed by atoms with Crippen LogP contribution < -0.4 is 29.6 Å². The maximum atomic E-state index is 9.62. The van der Waals surface area contributed by atoms with Crippen LogP contribution in [-0.4, -0.2) is 20.2 Å². The first-order chi connectivity index (χ1) is 3.15. The van der Waals surface area contributed by atoms with Gasteiger partial charge in [0.1, 0.15) is 0 Å². The maximum absolute atomic E-state index is 9.62. The van der Waals surface area contributed by atoms with Gasteiger partial charge in [-0.25, -0.2) is 8.78 Å². The van der Waals surface area contributed by atoms with Gasteiger partial charge in [0.05, 0.1) is 0 Å². The molecule has 0 atom stereocenters. The van der Waals surface area contributed by atoms with Crippen LogP contribution in [0.1, 0.15) is 1.43 Å². The average molecular weight is 158 g/mol. The van der Waals surface area contributed by atoms with Crippen molar-refractivity contribution in [1.29, 1.82) is 0 Å². The molecule has 0 unspecified atom stereocenters. The predicted molar refractivity (Wildman–Crippen MR) is 21.6 cm³/mol. The summed E-state index contributed by atoms with van der Waals surface area (Å²) in [5.74, 6) is 0. The molecule has 0 aliphatic heterocycles. The van der Waals surface area contributed by atoms with Gasteiger partial charge in [-0.15, -0.1) is 0 Å². The van der Waals surface area contributed by atoms with Crippen LogP contribution in [0.2, 0.25) is 0 Å². The van der Waals surface area contributed by atoms with Gasteiger partial charge in [-0.2, -0.15) is 4.21 Å². The second-order valence-electron chi connectivity index (χ2n) is 0.332. The molecule has 0 aliphatic rings. The van der Waals surface area contributed by atoms with E-state index in [1.54, 1.807) is 0 Å². The Balaban J connectivity index is -0.0000000233. The van der Waals surface area contributed by atoms with Crippen molar-refractivity contribution >= 4 is 11.4 Å². The second-order valence-corrected chi connectivity index (χ2v) is 0.793. The smallest absolute Gasteiger partial charge is 1.00 e. The minimum atomic E-state index is -2.61. The minimum absolute atomic E-state index is 0. The van der Waals surface area contributed by atoms with Gasteiger partial charge in [0.2, 0.25) is 6.93 Å². The molecule has 0 aromatic heterocycles. The van der Waals surface area contributed by atoms with E-state index < -0.39 is 18.3 Å². The summed E-state index contributed by atoms with van der Waals surface area (Å²) in [5, 5.41) is 0. The van der Waals surface area contributed by atoms with E-state index in [0.29, 0.717) is 0 Å². The Labute approximate surface area is 71.4 Å². The van der Waals surface area contributed by atoms with Gasteiger partial charge in [0.25, 0.3) is 11.4 Å². The molecule has 2 N–H and O–H groups in total. The third kappa shape index (κ3) is 282. The SMILES string of the molecule is FCF.O=S(O)O.[H-].[Na+]. The maximum Gasteiger partial charge on any atom is 1.00 e. The van der Waals surface area contributed by atoms with Crippen molar-refractivity contribution < 1.29 is 53.1 Å². The molecule has 7 heteroatoms. The van der Waals surface area contributed by atoms with E-state index in [2.05, 4.69) is 0 Å². The molecule has 0 radical (unpaired) electrons. The molecular formula is CH5F2NaO3S. The molecule has 0 saturated heterocycles. The minimum Gasteiger partial charge on any atom is -1.00 e. The molecule has 0 fully saturated rings. The molecule has 3 nitrogen and oxygen atoms in total. The van der Waals surface area contributed by atoms with Crippen molar-refractivity contribution in [3.05, 3.63) is 0 Å². The summed E-state index contributed by atoms with van der Waals surface area (Å²) >= 11 is -2.61. The molecule has 0 aliphatic carbocycles. The number of hydrogen-bond donors (Lipinski definition) is 2. The number of hydrogen-bond acceptors (Lipinski definition) is 1. The molecule has 0 aromatic rings. The van der Waals surface area contributed by atoms with Crippen LogP contribution in [0.4, 0.5) is 8.78 Å². The van der Waals surface area contributed by atoms with Crippen molar-refractivity contribution in [2.75, 3.05) is 6.93 Å². The van der Waals surface area contributed by atoms with Crippen molar-refractivity contribution in [3.8, 4) is 0 Å². The monoisotopic (exact) mass is 158 g/mol. The summed E-state index contributed by atoms with van der Waals surface area (Å²) in [7, 11) is 0. The van der Waals surface area contributed by atoms with Gasteiger partial charge in [-0.1, -0.05) is 0 Å². The quantitative estimate of drug-likeness (QED) is 0.307. The summed E-state index contributed by atoms with van der Waals surface area (Å²) in [6.45, 7) is -1.75. The molecule has 8 heavy (non-hydrogen) atoms. The van der Waals surface area contributed by atoms with Crippen LogP contribution >= 0.6 is 0 Å². The van der Waals surface area contributed by atoms with Crippen LogP contribution in [0.25, 0.3) is 0 Å². The number of alkyl halides is 2. The van der Waals surface area contributed by atoms with E-state index in [9.17, 15) is 8.78 Å². The van der Waals surface area contributed by atoms with Crippen LogP contribution in [0.15, 0.2) is 0 Å². The van der Waals surface area contributed by atoms with E-state index in [-0.39, 0.29) is 31.0 Å². The Morgan fingerprint density at radius 3 is 1.50 bits per heavy atom. The summed E-state index contributed by atoms with van der Waals surface area (Å²) < 4.78 is 42.1. The first kappa shape index (κ1) is 16.0. The van der Waals surface area contributed by atoms with Gasteiger partial charge in [0.15, 0.2) is 0 Å². The number of rotatable bonds is 0. The summed E-state index contributed by atoms with van der Waals surface area (Å²) in [5.41, 5.74) is 0. The van der Waals surface area contributed by atoms with E-state index in [1.165, 1.54) is 0 Å². The zero-order valence-corrected chi connectivity index (χ0v) is 6.99. The molecule has 48 valence electrons. The summed E-state index contributed by atoms with van der Waals surface area (Å²) in [6.07, 6.45) is 0. The fraction of sp³-hybridized carbons (Fsp3) is 1.00. The molecule has 0 heterocycles. The van der Waals surface area contributed by atoms with E-state index in [0.717, 1.165) is 0 Å². The number of halogens is 2. The Bertz CT molecular complexity index is 53.1. The van der Waals surface area contributed by atoms with E-state index >= 15 is 0 Å². The molecular weight excluding hydrogens is 153 g/mol. The largest absolute Gasteiger partial charge is 1.00 e. The van der Waals surface area contributed by atoms with Crippen molar-refractivity contribution in [2.45, 2.75) is 0 Å². The van der Waals surface area contributed by atoms with Crippen LogP contribution in [0.5, 0.6) is 0 Å². The van der Waals surface area contributed by atoms with Crippen LogP contribution in [0.3, 0.4) is 0 Å². The molecule has 0 saturated carbocycles. The topological polar surface area (TPSA) is 57.5 Å². The molecule has 0 amide bonds. The summed E-state index contributed by atoms with van der Waals surface area (Å²) in [6, 6.07) is 0. The standard InChI is InChI=1S/CH2F2.Na.H2O3S.H/c2-1-3;;1-4(2)3;/h1H2;;(H2,1,2,3);/q;+1;;-1. The zero-order valence-electron chi connectivity index (χ0n) is 5.17. The normalized spacial score (nSPS) is 6.62. The van der Waals surface area contributed by atoms with Crippen molar-refractivity contribution in [3.63, 3.8) is 0 Å². The van der Waals surface area contributed by atoms with Gasteiger partial charge >= 0.3 is 29.6 Å². The van der Waals surface area contributed by atoms with Crippen LogP contribution in [0, 0.1) is 0 Å². The average Bonchev–Trinajstić information content (AvgIpc) is 1.33. The second kappa shape index (κ2) is 15.7. The molecule has 0 aromatic carbocycles. The van der Waals surface area contributed by atoms with Crippen LogP contribution in [-0.2, 0) is 11.4 Å².